The molecule has 9 heteroatoms. The van der Waals surface area contributed by atoms with Gasteiger partial charge in [-0.25, -0.2) is 4.79 Å². The molecule has 1 aromatic carbocycles. The molecule has 5 nitrogen and oxygen atoms in total. The third kappa shape index (κ3) is 4.75. The van der Waals surface area contributed by atoms with Gasteiger partial charge in [-0.2, -0.15) is 13.2 Å². The van der Waals surface area contributed by atoms with Crippen LogP contribution in [0.2, 0.25) is 0 Å². The zero-order chi connectivity index (χ0) is 20.5. The molecule has 1 fully saturated rings. The summed E-state index contributed by atoms with van der Waals surface area (Å²) in [7, 11) is 3.87. The normalized spacial score (nSPS) is 15.8. The van der Waals surface area contributed by atoms with Crippen molar-refractivity contribution < 1.29 is 35.1 Å². The monoisotopic (exact) mass is 430 g/mol. The number of hydrogen-bond acceptors (Lipinski definition) is 5. The Hall–Kier alpha value is -2.06. The number of piperidine rings is 1. The Labute approximate surface area is 174 Å². The van der Waals surface area contributed by atoms with Crippen LogP contribution in [-0.2, 0) is 10.9 Å². The summed E-state index contributed by atoms with van der Waals surface area (Å²) in [6, 6.07) is 4.07. The molecule has 0 N–H and O–H groups in total. The van der Waals surface area contributed by atoms with Crippen molar-refractivity contribution >= 4 is 22.6 Å². The molecule has 0 radical (unpaired) electrons. The number of halogens is 4. The van der Waals surface area contributed by atoms with Crippen molar-refractivity contribution in [3.05, 3.63) is 35.5 Å². The highest BCUT2D eigenvalue weighted by Crippen LogP contribution is 2.39. The average molecular weight is 431 g/mol. The lowest BCUT2D eigenvalue weighted by Crippen LogP contribution is -3.00. The number of likely N-dealkylation sites (tertiary alicyclic amines) is 1. The van der Waals surface area contributed by atoms with E-state index in [0.29, 0.717) is 11.1 Å². The summed E-state index contributed by atoms with van der Waals surface area (Å²) < 4.78 is 45.6. The number of pyridine rings is 1. The SMILES string of the molecule is CCOC(=O)c1cnc2c(C(F)(F)F)cccc2c1N(C)C1CCN(C)CC1.[Cl-]. The van der Waals surface area contributed by atoms with Crippen molar-refractivity contribution in [2.24, 2.45) is 0 Å². The highest BCUT2D eigenvalue weighted by atomic mass is 35.5. The van der Waals surface area contributed by atoms with Crippen LogP contribution in [0.4, 0.5) is 18.9 Å². The third-order valence-corrected chi connectivity index (χ3v) is 5.26. The number of hydrogen-bond donors (Lipinski definition) is 0. The summed E-state index contributed by atoms with van der Waals surface area (Å²) in [6.45, 7) is 3.65. The molecule has 160 valence electrons. The fourth-order valence-corrected chi connectivity index (χ4v) is 3.74. The maximum absolute atomic E-state index is 13.5. The molecule has 1 aliphatic rings. The molecule has 0 unspecified atom stereocenters. The first-order valence-corrected chi connectivity index (χ1v) is 9.31. The predicted molar refractivity (Wildman–Crippen MR) is 102 cm³/mol. The van der Waals surface area contributed by atoms with E-state index in [2.05, 4.69) is 9.88 Å². The number of carbonyl (C=O) groups excluding carboxylic acids is 1. The minimum Gasteiger partial charge on any atom is -1.00 e. The largest absolute Gasteiger partial charge is 1.00 e. The summed E-state index contributed by atoms with van der Waals surface area (Å²) in [4.78, 5) is 20.6. The molecule has 1 saturated heterocycles. The van der Waals surface area contributed by atoms with Crippen LogP contribution in [0.15, 0.2) is 24.4 Å². The van der Waals surface area contributed by atoms with Crippen molar-refractivity contribution in [2.75, 3.05) is 38.7 Å². The predicted octanol–water partition coefficient (Wildman–Crippen LogP) is 0.965. The number of carbonyl (C=O) groups is 1. The Morgan fingerprint density at radius 2 is 1.97 bits per heavy atom. The molecule has 1 aromatic heterocycles. The van der Waals surface area contributed by atoms with Gasteiger partial charge in [0.15, 0.2) is 0 Å². The molecule has 0 aliphatic carbocycles. The van der Waals surface area contributed by atoms with Gasteiger partial charge in [0.25, 0.3) is 0 Å². The number of benzene rings is 1. The number of fused-ring (bicyclic) bond motifs is 1. The topological polar surface area (TPSA) is 45.7 Å². The quantitative estimate of drug-likeness (QED) is 0.676. The molecule has 29 heavy (non-hydrogen) atoms. The van der Waals surface area contributed by atoms with Gasteiger partial charge in [-0.3, -0.25) is 4.98 Å². The Morgan fingerprint density at radius 3 is 2.55 bits per heavy atom. The highest BCUT2D eigenvalue weighted by Gasteiger charge is 2.35. The molecule has 2 aromatic rings. The Bertz CT molecular complexity index is 868. The number of aromatic nitrogens is 1. The van der Waals surface area contributed by atoms with E-state index < -0.39 is 17.7 Å². The first-order chi connectivity index (χ1) is 13.2. The van der Waals surface area contributed by atoms with E-state index in [0.717, 1.165) is 32.0 Å². The molecular formula is C20H24ClF3N3O2-. The van der Waals surface area contributed by atoms with Crippen molar-refractivity contribution in [3.8, 4) is 0 Å². The standard InChI is InChI=1S/C20H24F3N3O2.ClH/c1-4-28-19(27)15-12-24-17-14(6-5-7-16(17)20(21,22)23)18(15)26(3)13-8-10-25(2)11-9-13;/h5-7,12-13H,4,8-11H2,1-3H3;1H/p-1. The van der Waals surface area contributed by atoms with Crippen LogP contribution in [0.5, 0.6) is 0 Å². The van der Waals surface area contributed by atoms with E-state index in [1.807, 2.05) is 19.0 Å². The summed E-state index contributed by atoms with van der Waals surface area (Å²) >= 11 is 0. The number of para-hydroxylation sites is 1. The van der Waals surface area contributed by atoms with Crippen LogP contribution in [0, 0.1) is 0 Å². The number of alkyl halides is 3. The minimum atomic E-state index is -4.53. The van der Waals surface area contributed by atoms with Gasteiger partial charge in [-0.1, -0.05) is 12.1 Å². The Morgan fingerprint density at radius 1 is 1.31 bits per heavy atom. The van der Waals surface area contributed by atoms with Crippen LogP contribution >= 0.6 is 0 Å². The molecular weight excluding hydrogens is 407 g/mol. The number of esters is 1. The first kappa shape index (κ1) is 23.2. The van der Waals surface area contributed by atoms with Crippen LogP contribution in [0.3, 0.4) is 0 Å². The Kier molecular flexibility index (Phi) is 7.35. The maximum atomic E-state index is 13.5. The lowest BCUT2D eigenvalue weighted by molar-refractivity contribution is -0.136. The lowest BCUT2D eigenvalue weighted by atomic mass is 9.99. The minimum absolute atomic E-state index is 0. The van der Waals surface area contributed by atoms with Gasteiger partial charge < -0.3 is 26.9 Å². The number of anilines is 1. The van der Waals surface area contributed by atoms with Gasteiger partial charge in [-0.05, 0) is 46.0 Å². The van der Waals surface area contributed by atoms with Gasteiger partial charge in [0, 0.05) is 24.7 Å². The summed E-state index contributed by atoms with van der Waals surface area (Å²) in [5.41, 5.74) is -0.324. The van der Waals surface area contributed by atoms with E-state index in [4.69, 9.17) is 4.74 Å². The second-order valence-corrected chi connectivity index (χ2v) is 7.09. The summed E-state index contributed by atoms with van der Waals surface area (Å²) in [5.74, 6) is -0.580. The molecule has 0 bridgehead atoms. The number of nitrogens with zero attached hydrogens (tertiary/aromatic N) is 3. The van der Waals surface area contributed by atoms with Gasteiger partial charge in [-0.15, -0.1) is 0 Å². The van der Waals surface area contributed by atoms with E-state index in [-0.39, 0.29) is 36.1 Å². The fraction of sp³-hybridized carbons (Fsp3) is 0.500. The molecule has 0 atom stereocenters. The molecule has 2 heterocycles. The smallest absolute Gasteiger partial charge is 0.418 e. The van der Waals surface area contributed by atoms with Gasteiger partial charge in [0.05, 0.1) is 23.4 Å². The fourth-order valence-electron chi connectivity index (χ4n) is 3.74. The number of ether oxygens (including phenoxy) is 1. The molecule has 0 amide bonds. The number of rotatable bonds is 4. The summed E-state index contributed by atoms with van der Waals surface area (Å²) in [5, 5.41) is 0.307. The van der Waals surface area contributed by atoms with Crippen LogP contribution in [0.25, 0.3) is 10.9 Å². The van der Waals surface area contributed by atoms with E-state index in [1.165, 1.54) is 12.3 Å². The van der Waals surface area contributed by atoms with E-state index >= 15 is 0 Å². The zero-order valence-corrected chi connectivity index (χ0v) is 17.3. The van der Waals surface area contributed by atoms with E-state index in [9.17, 15) is 18.0 Å². The van der Waals surface area contributed by atoms with Crippen LogP contribution < -0.4 is 17.3 Å². The van der Waals surface area contributed by atoms with Gasteiger partial charge >= 0.3 is 12.1 Å². The Balaban J connectivity index is 0.00000300. The maximum Gasteiger partial charge on any atom is 0.418 e. The molecule has 0 spiro atoms. The van der Waals surface area contributed by atoms with Gasteiger partial charge in [0.2, 0.25) is 0 Å². The lowest BCUT2D eigenvalue weighted by Gasteiger charge is -2.37. The first-order valence-electron chi connectivity index (χ1n) is 9.31. The zero-order valence-electron chi connectivity index (χ0n) is 16.6. The highest BCUT2D eigenvalue weighted by molar-refractivity contribution is 6.06. The van der Waals surface area contributed by atoms with Crippen molar-refractivity contribution in [1.82, 2.24) is 9.88 Å². The molecule has 1 aliphatic heterocycles. The van der Waals surface area contributed by atoms with Crippen LogP contribution in [0.1, 0.15) is 35.7 Å². The third-order valence-electron chi connectivity index (χ3n) is 5.26. The van der Waals surface area contributed by atoms with Crippen molar-refractivity contribution in [3.63, 3.8) is 0 Å². The second kappa shape index (κ2) is 9.17. The van der Waals surface area contributed by atoms with E-state index in [1.54, 1.807) is 13.0 Å². The summed E-state index contributed by atoms with van der Waals surface area (Å²) in [6.07, 6.45) is -1.60. The second-order valence-electron chi connectivity index (χ2n) is 7.09. The molecule has 0 saturated carbocycles. The molecule has 3 rings (SSSR count). The van der Waals surface area contributed by atoms with Crippen molar-refractivity contribution in [1.29, 1.82) is 0 Å². The van der Waals surface area contributed by atoms with Gasteiger partial charge in [0.1, 0.15) is 5.56 Å². The van der Waals surface area contributed by atoms with Crippen LogP contribution in [-0.4, -0.2) is 55.7 Å². The average Bonchev–Trinajstić information content (AvgIpc) is 2.66. The van der Waals surface area contributed by atoms with Crippen molar-refractivity contribution in [2.45, 2.75) is 32.0 Å².